The Labute approximate surface area is 150 Å². The first-order valence-electron chi connectivity index (χ1n) is 8.40. The zero-order valence-electron chi connectivity index (χ0n) is 14.6. The molecule has 0 spiro atoms. The van der Waals surface area contributed by atoms with Gasteiger partial charge in [-0.1, -0.05) is 41.6 Å². The first-order chi connectivity index (χ1) is 12.6. The summed E-state index contributed by atoms with van der Waals surface area (Å²) in [4.78, 5) is 14.8. The van der Waals surface area contributed by atoms with E-state index in [1.807, 2.05) is 61.5 Å². The zero-order valence-corrected chi connectivity index (χ0v) is 14.6. The number of anilines is 1. The van der Waals surface area contributed by atoms with E-state index < -0.39 is 0 Å². The fourth-order valence-corrected chi connectivity index (χ4v) is 3.01. The molecule has 0 radical (unpaired) electrons. The number of carbonyl (C=O) groups excluding carboxylic acids is 1. The number of furan rings is 1. The van der Waals surface area contributed by atoms with Gasteiger partial charge in [-0.3, -0.25) is 9.69 Å². The molecule has 130 valence electrons. The van der Waals surface area contributed by atoms with Crippen molar-refractivity contribution in [2.75, 3.05) is 4.90 Å². The van der Waals surface area contributed by atoms with Gasteiger partial charge in [0.05, 0.1) is 6.54 Å². The van der Waals surface area contributed by atoms with Crippen molar-refractivity contribution in [3.63, 3.8) is 0 Å². The van der Waals surface area contributed by atoms with E-state index >= 15 is 0 Å². The lowest BCUT2D eigenvalue weighted by atomic mass is 10.1. The molecule has 0 saturated heterocycles. The van der Waals surface area contributed by atoms with Gasteiger partial charge < -0.3 is 8.94 Å². The van der Waals surface area contributed by atoms with Crippen LogP contribution in [0.3, 0.4) is 0 Å². The third kappa shape index (κ3) is 2.99. The fourth-order valence-electron chi connectivity index (χ4n) is 3.01. The molecule has 1 amide bonds. The molecule has 2 heterocycles. The number of amides is 1. The lowest BCUT2D eigenvalue weighted by Gasteiger charge is -2.22. The van der Waals surface area contributed by atoms with Crippen molar-refractivity contribution in [3.05, 3.63) is 83.4 Å². The van der Waals surface area contributed by atoms with E-state index in [1.54, 1.807) is 17.9 Å². The second kappa shape index (κ2) is 6.52. The molecule has 0 aliphatic carbocycles. The van der Waals surface area contributed by atoms with Gasteiger partial charge in [0.1, 0.15) is 17.1 Å². The number of para-hydroxylation sites is 2. The predicted molar refractivity (Wildman–Crippen MR) is 99.1 cm³/mol. The Morgan fingerprint density at radius 3 is 2.54 bits per heavy atom. The summed E-state index contributed by atoms with van der Waals surface area (Å²) in [6.45, 7) is 4.05. The monoisotopic (exact) mass is 346 g/mol. The minimum atomic E-state index is -0.225. The minimum absolute atomic E-state index is 0.225. The first kappa shape index (κ1) is 16.1. The quantitative estimate of drug-likeness (QED) is 0.528. The van der Waals surface area contributed by atoms with Crippen LogP contribution in [-0.4, -0.2) is 11.1 Å². The van der Waals surface area contributed by atoms with Gasteiger partial charge in [0.15, 0.2) is 5.69 Å². The van der Waals surface area contributed by atoms with Crippen molar-refractivity contribution in [1.82, 2.24) is 5.16 Å². The smallest absolute Gasteiger partial charge is 0.280 e. The summed E-state index contributed by atoms with van der Waals surface area (Å²) in [5, 5.41) is 4.89. The second-order valence-electron chi connectivity index (χ2n) is 6.25. The number of rotatable bonds is 4. The Hall–Kier alpha value is -3.34. The number of nitrogens with zero attached hydrogens (tertiary/aromatic N) is 2. The summed E-state index contributed by atoms with van der Waals surface area (Å²) in [5.41, 5.74) is 2.90. The number of carbonyl (C=O) groups is 1. The molecule has 0 saturated carbocycles. The molecule has 0 fully saturated rings. The first-order valence-corrected chi connectivity index (χ1v) is 8.40. The maximum Gasteiger partial charge on any atom is 0.280 e. The van der Waals surface area contributed by atoms with Crippen molar-refractivity contribution >= 4 is 22.6 Å². The van der Waals surface area contributed by atoms with Crippen LogP contribution in [-0.2, 0) is 6.54 Å². The van der Waals surface area contributed by atoms with E-state index in [1.165, 1.54) is 0 Å². The minimum Gasteiger partial charge on any atom is -0.459 e. The number of aromatic nitrogens is 1. The largest absolute Gasteiger partial charge is 0.459 e. The summed E-state index contributed by atoms with van der Waals surface area (Å²) < 4.78 is 11.0. The van der Waals surface area contributed by atoms with Crippen LogP contribution in [0.5, 0.6) is 0 Å². The highest BCUT2D eigenvalue weighted by Gasteiger charge is 2.23. The van der Waals surface area contributed by atoms with E-state index in [-0.39, 0.29) is 11.6 Å². The number of hydrogen-bond donors (Lipinski definition) is 0. The molecule has 0 N–H and O–H groups in total. The van der Waals surface area contributed by atoms with Gasteiger partial charge in [0.25, 0.3) is 5.91 Å². The third-order valence-electron chi connectivity index (χ3n) is 4.29. The van der Waals surface area contributed by atoms with Crippen LogP contribution in [0, 0.1) is 13.8 Å². The van der Waals surface area contributed by atoms with Crippen LogP contribution in [0.1, 0.15) is 27.6 Å². The van der Waals surface area contributed by atoms with Crippen molar-refractivity contribution in [3.8, 4) is 0 Å². The van der Waals surface area contributed by atoms with Crippen LogP contribution in [0.4, 0.5) is 5.69 Å². The molecule has 0 atom stereocenters. The fraction of sp³-hybridized carbons (Fsp3) is 0.143. The Bertz CT molecular complexity index is 1040. The topological polar surface area (TPSA) is 59.5 Å². The Kier molecular flexibility index (Phi) is 4.05. The maximum atomic E-state index is 13.1. The predicted octanol–water partition coefficient (Wildman–Crippen LogP) is 4.88. The van der Waals surface area contributed by atoms with Gasteiger partial charge >= 0.3 is 0 Å². The van der Waals surface area contributed by atoms with Crippen molar-refractivity contribution < 1.29 is 13.7 Å². The van der Waals surface area contributed by atoms with Crippen LogP contribution >= 0.6 is 0 Å². The Balaban J connectivity index is 1.75. The summed E-state index contributed by atoms with van der Waals surface area (Å²) in [5.74, 6) is 1.08. The highest BCUT2D eigenvalue weighted by Crippen LogP contribution is 2.26. The molecule has 0 aliphatic heterocycles. The standard InChI is InChI=1S/C21H18N2O3/c1-14-7-3-5-9-19(14)23(21(24)18-11-15(2)26-22-18)13-17-12-16-8-4-6-10-20(16)25-17/h3-12H,13H2,1-2H3. The lowest BCUT2D eigenvalue weighted by Crippen LogP contribution is -2.31. The molecule has 4 rings (SSSR count). The molecule has 2 aromatic heterocycles. The summed E-state index contributed by atoms with van der Waals surface area (Å²) >= 11 is 0. The molecular formula is C21H18N2O3. The maximum absolute atomic E-state index is 13.1. The van der Waals surface area contributed by atoms with Crippen molar-refractivity contribution in [1.29, 1.82) is 0 Å². The average molecular weight is 346 g/mol. The molecule has 2 aromatic carbocycles. The van der Waals surface area contributed by atoms with Crippen molar-refractivity contribution in [2.45, 2.75) is 20.4 Å². The van der Waals surface area contributed by atoms with Gasteiger partial charge in [-0.25, -0.2) is 0 Å². The highest BCUT2D eigenvalue weighted by atomic mass is 16.5. The Morgan fingerprint density at radius 2 is 1.81 bits per heavy atom. The number of benzene rings is 2. The number of hydrogen-bond acceptors (Lipinski definition) is 4. The van der Waals surface area contributed by atoms with Gasteiger partial charge in [-0.15, -0.1) is 0 Å². The van der Waals surface area contributed by atoms with Gasteiger partial charge in [-0.05, 0) is 37.6 Å². The second-order valence-corrected chi connectivity index (χ2v) is 6.25. The van der Waals surface area contributed by atoms with Crippen LogP contribution in [0.2, 0.25) is 0 Å². The van der Waals surface area contributed by atoms with Gasteiger partial charge in [0, 0.05) is 17.1 Å². The molecule has 0 unspecified atom stereocenters. The van der Waals surface area contributed by atoms with Crippen molar-refractivity contribution in [2.24, 2.45) is 0 Å². The Morgan fingerprint density at radius 1 is 1.04 bits per heavy atom. The zero-order chi connectivity index (χ0) is 18.1. The molecular weight excluding hydrogens is 328 g/mol. The number of aryl methyl sites for hydroxylation is 2. The normalized spacial score (nSPS) is 11.0. The van der Waals surface area contributed by atoms with E-state index in [0.717, 1.165) is 22.2 Å². The molecule has 26 heavy (non-hydrogen) atoms. The van der Waals surface area contributed by atoms with E-state index in [4.69, 9.17) is 8.94 Å². The van der Waals surface area contributed by atoms with Crippen LogP contribution in [0.15, 0.2) is 69.6 Å². The molecule has 4 aromatic rings. The van der Waals surface area contributed by atoms with Crippen LogP contribution < -0.4 is 4.90 Å². The molecule has 0 bridgehead atoms. The van der Waals surface area contributed by atoms with E-state index in [9.17, 15) is 4.79 Å². The third-order valence-corrected chi connectivity index (χ3v) is 4.29. The number of fused-ring (bicyclic) bond motifs is 1. The van der Waals surface area contributed by atoms with E-state index in [0.29, 0.717) is 18.1 Å². The SMILES string of the molecule is Cc1cc(C(=O)N(Cc2cc3ccccc3o2)c2ccccc2C)no1. The summed E-state index contributed by atoms with van der Waals surface area (Å²) in [7, 11) is 0. The molecule has 5 heteroatoms. The lowest BCUT2D eigenvalue weighted by molar-refractivity contribution is 0.0974. The van der Waals surface area contributed by atoms with E-state index in [2.05, 4.69) is 5.16 Å². The molecule has 0 aliphatic rings. The van der Waals surface area contributed by atoms with Crippen LogP contribution in [0.25, 0.3) is 11.0 Å². The summed E-state index contributed by atoms with van der Waals surface area (Å²) in [6.07, 6.45) is 0. The van der Waals surface area contributed by atoms with Gasteiger partial charge in [0.2, 0.25) is 0 Å². The highest BCUT2D eigenvalue weighted by molar-refractivity contribution is 6.05. The van der Waals surface area contributed by atoms with Gasteiger partial charge in [-0.2, -0.15) is 0 Å². The summed E-state index contributed by atoms with van der Waals surface area (Å²) in [6, 6.07) is 19.2. The average Bonchev–Trinajstić information content (AvgIpc) is 3.25. The molecule has 5 nitrogen and oxygen atoms in total.